The van der Waals surface area contributed by atoms with Crippen molar-refractivity contribution in [1.29, 1.82) is 0 Å². The Bertz CT molecular complexity index is 398. The minimum Gasteiger partial charge on any atom is -0.513 e. The Hall–Kier alpha value is -1.81. The van der Waals surface area contributed by atoms with E-state index in [1.165, 1.54) is 6.92 Å². The van der Waals surface area contributed by atoms with Crippen LogP contribution in [-0.4, -0.2) is 16.6 Å². The molecule has 0 aliphatic carbocycles. The molecule has 1 aromatic rings. The van der Waals surface area contributed by atoms with E-state index in [1.54, 1.807) is 0 Å². The molecule has 3 N–H and O–H groups in total. The van der Waals surface area contributed by atoms with Gasteiger partial charge in [0.25, 0.3) is 0 Å². The Labute approximate surface area is 101 Å². The number of aliphatic hydroxyl groups excluding tert-OH is 1. The first-order valence-electron chi connectivity index (χ1n) is 5.28. The van der Waals surface area contributed by atoms with Crippen molar-refractivity contribution < 1.29 is 14.6 Å². The maximum absolute atomic E-state index is 11.7. The first-order valence-corrected chi connectivity index (χ1v) is 5.28. The van der Waals surface area contributed by atoms with Gasteiger partial charge in [-0.2, -0.15) is 0 Å². The number of hydrogen-bond acceptors (Lipinski definition) is 4. The highest BCUT2D eigenvalue weighted by Crippen LogP contribution is 2.13. The summed E-state index contributed by atoms with van der Waals surface area (Å²) < 4.78 is 5.08. The summed E-state index contributed by atoms with van der Waals surface area (Å²) in [6.45, 7) is 4.98. The minimum atomic E-state index is -1.25. The van der Waals surface area contributed by atoms with Crippen LogP contribution in [0.5, 0.6) is 0 Å². The van der Waals surface area contributed by atoms with Gasteiger partial charge in [0.1, 0.15) is 12.1 Å². The summed E-state index contributed by atoms with van der Waals surface area (Å²) in [5.74, 6) is -0.691. The van der Waals surface area contributed by atoms with E-state index in [0.717, 1.165) is 5.56 Å². The molecular weight excluding hydrogens is 218 g/mol. The molecule has 92 valence electrons. The van der Waals surface area contributed by atoms with Crippen LogP contribution >= 0.6 is 0 Å². The highest BCUT2D eigenvalue weighted by molar-refractivity contribution is 5.80. The Morgan fingerprint density at radius 1 is 1.47 bits per heavy atom. The van der Waals surface area contributed by atoms with Crippen LogP contribution < -0.4 is 5.73 Å². The van der Waals surface area contributed by atoms with E-state index in [9.17, 15) is 4.79 Å². The molecule has 0 heterocycles. The molecule has 1 unspecified atom stereocenters. The number of carbonyl (C=O) groups is 1. The van der Waals surface area contributed by atoms with Gasteiger partial charge in [-0.05, 0) is 12.5 Å². The summed E-state index contributed by atoms with van der Waals surface area (Å²) in [4.78, 5) is 11.7. The van der Waals surface area contributed by atoms with E-state index < -0.39 is 11.5 Å². The van der Waals surface area contributed by atoms with Gasteiger partial charge in [-0.3, -0.25) is 4.79 Å². The smallest absolute Gasteiger partial charge is 0.326 e. The van der Waals surface area contributed by atoms with Gasteiger partial charge in [-0.15, -0.1) is 0 Å². The third-order valence-electron chi connectivity index (χ3n) is 2.25. The second-order valence-electron chi connectivity index (χ2n) is 4.22. The molecule has 0 aromatic heterocycles. The van der Waals surface area contributed by atoms with Crippen molar-refractivity contribution in [2.75, 3.05) is 0 Å². The van der Waals surface area contributed by atoms with Crippen molar-refractivity contribution in [3.63, 3.8) is 0 Å². The average molecular weight is 235 g/mol. The topological polar surface area (TPSA) is 72.5 Å². The molecule has 0 spiro atoms. The molecule has 0 saturated carbocycles. The van der Waals surface area contributed by atoms with Crippen molar-refractivity contribution in [2.45, 2.75) is 25.5 Å². The predicted octanol–water partition coefficient (Wildman–Crippen LogP) is 1.91. The summed E-state index contributed by atoms with van der Waals surface area (Å²) in [6, 6.07) is 9.31. The Morgan fingerprint density at radius 2 is 2.06 bits per heavy atom. The number of carbonyl (C=O) groups excluding carboxylic acids is 1. The van der Waals surface area contributed by atoms with Crippen molar-refractivity contribution in [1.82, 2.24) is 0 Å². The molecule has 17 heavy (non-hydrogen) atoms. The largest absolute Gasteiger partial charge is 0.513 e. The molecule has 0 bridgehead atoms. The van der Waals surface area contributed by atoms with Crippen molar-refractivity contribution in [3.05, 3.63) is 48.2 Å². The summed E-state index contributed by atoms with van der Waals surface area (Å²) in [5, 5.41) is 9.04. The van der Waals surface area contributed by atoms with Gasteiger partial charge >= 0.3 is 5.97 Å². The van der Waals surface area contributed by atoms with Crippen LogP contribution in [0, 0.1) is 0 Å². The number of benzene rings is 1. The predicted molar refractivity (Wildman–Crippen MR) is 65.2 cm³/mol. The lowest BCUT2D eigenvalue weighted by atomic mass is 9.99. The van der Waals surface area contributed by atoms with E-state index in [1.807, 2.05) is 30.3 Å². The van der Waals surface area contributed by atoms with Crippen LogP contribution in [0.15, 0.2) is 42.7 Å². The Morgan fingerprint density at radius 3 is 2.59 bits per heavy atom. The zero-order valence-corrected chi connectivity index (χ0v) is 9.85. The van der Waals surface area contributed by atoms with Gasteiger partial charge in [0, 0.05) is 6.42 Å². The second kappa shape index (κ2) is 5.50. The lowest BCUT2D eigenvalue weighted by Crippen LogP contribution is -2.46. The zero-order chi connectivity index (χ0) is 12.9. The van der Waals surface area contributed by atoms with Crippen LogP contribution in [0.25, 0.3) is 0 Å². The molecule has 0 saturated heterocycles. The Kier molecular flexibility index (Phi) is 4.29. The van der Waals surface area contributed by atoms with E-state index in [2.05, 4.69) is 6.58 Å². The van der Waals surface area contributed by atoms with E-state index in [-0.39, 0.29) is 18.8 Å². The van der Waals surface area contributed by atoms with Gasteiger partial charge in [0.15, 0.2) is 0 Å². The summed E-state index contributed by atoms with van der Waals surface area (Å²) in [7, 11) is 0. The normalized spacial score (nSPS) is 13.8. The summed E-state index contributed by atoms with van der Waals surface area (Å²) in [5.41, 5.74) is 5.37. The standard InChI is InChI=1S/C13H17NO3/c1-10(15)8-13(2,14)12(16)17-9-11-6-4-3-5-7-11/h3-7,15H,1,8-9,14H2,2H3. The average Bonchev–Trinajstić information content (AvgIpc) is 2.25. The highest BCUT2D eigenvalue weighted by atomic mass is 16.5. The fourth-order valence-electron chi connectivity index (χ4n) is 1.38. The lowest BCUT2D eigenvalue weighted by Gasteiger charge is -2.21. The highest BCUT2D eigenvalue weighted by Gasteiger charge is 2.30. The van der Waals surface area contributed by atoms with Crippen LogP contribution in [0.2, 0.25) is 0 Å². The third kappa shape index (κ3) is 4.28. The number of ether oxygens (including phenoxy) is 1. The molecule has 0 fully saturated rings. The van der Waals surface area contributed by atoms with Gasteiger partial charge in [-0.25, -0.2) is 0 Å². The molecule has 1 aromatic carbocycles. The minimum absolute atomic E-state index is 0.0133. The van der Waals surface area contributed by atoms with Crippen LogP contribution in [0.4, 0.5) is 0 Å². The van der Waals surface area contributed by atoms with Gasteiger partial charge in [0.2, 0.25) is 0 Å². The summed E-state index contributed by atoms with van der Waals surface area (Å²) >= 11 is 0. The van der Waals surface area contributed by atoms with Crippen LogP contribution in [0.1, 0.15) is 18.9 Å². The quantitative estimate of drug-likeness (QED) is 0.604. The molecule has 0 amide bonds. The van der Waals surface area contributed by atoms with Gasteiger partial charge < -0.3 is 15.6 Å². The number of rotatable bonds is 5. The monoisotopic (exact) mass is 235 g/mol. The first kappa shape index (κ1) is 13.3. The van der Waals surface area contributed by atoms with Crippen molar-refractivity contribution >= 4 is 5.97 Å². The van der Waals surface area contributed by atoms with Gasteiger partial charge in [0.05, 0.1) is 5.76 Å². The maximum atomic E-state index is 11.7. The molecule has 0 aliphatic rings. The zero-order valence-electron chi connectivity index (χ0n) is 9.85. The fraction of sp³-hybridized carbons (Fsp3) is 0.308. The number of nitrogens with two attached hydrogens (primary N) is 1. The molecule has 4 nitrogen and oxygen atoms in total. The second-order valence-corrected chi connectivity index (χ2v) is 4.22. The molecule has 1 atom stereocenters. The van der Waals surface area contributed by atoms with Crippen LogP contribution in [0.3, 0.4) is 0 Å². The summed E-state index contributed by atoms with van der Waals surface area (Å²) in [6.07, 6.45) is -0.0133. The molecule has 0 aliphatic heterocycles. The van der Waals surface area contributed by atoms with E-state index in [4.69, 9.17) is 15.6 Å². The molecular formula is C13H17NO3. The van der Waals surface area contributed by atoms with E-state index >= 15 is 0 Å². The molecule has 4 heteroatoms. The number of esters is 1. The maximum Gasteiger partial charge on any atom is 0.326 e. The van der Waals surface area contributed by atoms with Crippen molar-refractivity contribution in [2.24, 2.45) is 5.73 Å². The Balaban J connectivity index is 2.52. The first-order chi connectivity index (χ1) is 7.92. The van der Waals surface area contributed by atoms with Crippen LogP contribution in [-0.2, 0) is 16.1 Å². The van der Waals surface area contributed by atoms with Crippen molar-refractivity contribution in [3.8, 4) is 0 Å². The fourth-order valence-corrected chi connectivity index (χ4v) is 1.38. The van der Waals surface area contributed by atoms with E-state index in [0.29, 0.717) is 0 Å². The molecule has 0 radical (unpaired) electrons. The SMILES string of the molecule is C=C(O)CC(C)(N)C(=O)OCc1ccccc1. The molecule has 1 rings (SSSR count). The van der Waals surface area contributed by atoms with Gasteiger partial charge in [-0.1, -0.05) is 36.9 Å². The number of hydrogen-bond donors (Lipinski definition) is 2. The number of aliphatic hydroxyl groups is 1. The lowest BCUT2D eigenvalue weighted by molar-refractivity contribution is -0.151. The third-order valence-corrected chi connectivity index (χ3v) is 2.25.